The molecule has 0 aliphatic heterocycles. The first kappa shape index (κ1) is 14.1. The van der Waals surface area contributed by atoms with Crippen molar-refractivity contribution in [2.45, 2.75) is 19.5 Å². The van der Waals surface area contributed by atoms with Crippen molar-refractivity contribution in [3.05, 3.63) is 63.3 Å². The summed E-state index contributed by atoms with van der Waals surface area (Å²) in [4.78, 5) is 27.2. The fourth-order valence-corrected chi connectivity index (χ4v) is 2.21. The highest BCUT2D eigenvalue weighted by atomic mass is 16.3. The maximum atomic E-state index is 11.6. The van der Waals surface area contributed by atoms with E-state index in [1.54, 1.807) is 30.9 Å². The van der Waals surface area contributed by atoms with Crippen LogP contribution >= 0.6 is 0 Å². The minimum atomic E-state index is -0.483. The van der Waals surface area contributed by atoms with Crippen molar-refractivity contribution in [2.24, 2.45) is 0 Å². The van der Waals surface area contributed by atoms with E-state index in [0.717, 1.165) is 13.0 Å². The zero-order valence-electron chi connectivity index (χ0n) is 11.9. The fourth-order valence-electron chi connectivity index (χ4n) is 2.21. The predicted molar refractivity (Wildman–Crippen MR) is 82.7 cm³/mol. The largest absolute Gasteiger partial charge is 0.467 e. The molecule has 0 aliphatic carbocycles. The van der Waals surface area contributed by atoms with Gasteiger partial charge >= 0.3 is 0 Å². The van der Waals surface area contributed by atoms with Gasteiger partial charge in [-0.15, -0.1) is 0 Å². The van der Waals surface area contributed by atoms with E-state index in [1.165, 1.54) is 0 Å². The van der Waals surface area contributed by atoms with Crippen molar-refractivity contribution in [1.82, 2.24) is 9.55 Å². The zero-order chi connectivity index (χ0) is 15.4. The van der Waals surface area contributed by atoms with Crippen LogP contribution in [0.3, 0.4) is 0 Å². The van der Waals surface area contributed by atoms with Gasteiger partial charge in [0.1, 0.15) is 17.1 Å². The highest BCUT2D eigenvalue weighted by Crippen LogP contribution is 2.15. The van der Waals surface area contributed by atoms with Crippen molar-refractivity contribution in [3.63, 3.8) is 0 Å². The van der Waals surface area contributed by atoms with E-state index in [9.17, 15) is 9.59 Å². The zero-order valence-corrected chi connectivity index (χ0v) is 11.9. The molecule has 0 unspecified atom stereocenters. The molecule has 2 heterocycles. The Labute approximate surface area is 126 Å². The summed E-state index contributed by atoms with van der Waals surface area (Å²) in [6.45, 7) is 1.79. The van der Waals surface area contributed by atoms with Crippen molar-refractivity contribution < 1.29 is 4.42 Å². The van der Waals surface area contributed by atoms with Crippen LogP contribution in [0.2, 0.25) is 0 Å². The van der Waals surface area contributed by atoms with Gasteiger partial charge in [-0.05, 0) is 18.6 Å². The average Bonchev–Trinajstić information content (AvgIpc) is 3.22. The molecule has 0 spiro atoms. The van der Waals surface area contributed by atoms with Crippen LogP contribution in [0.5, 0.6) is 0 Å². The van der Waals surface area contributed by atoms with Gasteiger partial charge in [-0.1, -0.05) is 0 Å². The van der Waals surface area contributed by atoms with Crippen LogP contribution in [-0.2, 0) is 13.1 Å². The average molecular weight is 300 g/mol. The van der Waals surface area contributed by atoms with Crippen LogP contribution in [0.25, 0.3) is 0 Å². The molecule has 0 fully saturated rings. The summed E-state index contributed by atoms with van der Waals surface area (Å²) in [5, 5.41) is 5.97. The summed E-state index contributed by atoms with van der Waals surface area (Å²) in [5.74, 6) is 0.708. The first-order valence-corrected chi connectivity index (χ1v) is 7.05. The summed E-state index contributed by atoms with van der Waals surface area (Å²) >= 11 is 0. The smallest absolute Gasteiger partial charge is 0.253 e. The molecule has 0 saturated heterocycles. The van der Waals surface area contributed by atoms with Gasteiger partial charge < -0.3 is 19.6 Å². The normalized spacial score (nSPS) is 10.9. The lowest BCUT2D eigenvalue weighted by Crippen LogP contribution is -2.37. The number of furan rings is 1. The van der Waals surface area contributed by atoms with Crippen LogP contribution in [0.15, 0.2) is 51.1 Å². The van der Waals surface area contributed by atoms with Crippen LogP contribution in [-0.4, -0.2) is 16.1 Å². The third kappa shape index (κ3) is 2.93. The molecule has 114 valence electrons. The first-order valence-electron chi connectivity index (χ1n) is 7.05. The number of aromatic nitrogens is 2. The molecular formula is C15H16N4O3. The number of rotatable bonds is 8. The highest BCUT2D eigenvalue weighted by Gasteiger charge is 2.20. The Hall–Kier alpha value is -2.83. The summed E-state index contributed by atoms with van der Waals surface area (Å²) in [6.07, 6.45) is 7.74. The molecule has 0 atom stereocenters. The maximum absolute atomic E-state index is 11.6. The molecular weight excluding hydrogens is 284 g/mol. The van der Waals surface area contributed by atoms with Crippen molar-refractivity contribution in [1.29, 1.82) is 0 Å². The van der Waals surface area contributed by atoms with E-state index in [-0.39, 0.29) is 0 Å². The van der Waals surface area contributed by atoms with Crippen molar-refractivity contribution in [2.75, 3.05) is 17.2 Å². The molecule has 3 aromatic rings. The number of nitrogens with one attached hydrogen (secondary N) is 2. The van der Waals surface area contributed by atoms with E-state index in [0.29, 0.717) is 30.2 Å². The second kappa shape index (κ2) is 6.30. The van der Waals surface area contributed by atoms with E-state index in [4.69, 9.17) is 4.42 Å². The second-order valence-corrected chi connectivity index (χ2v) is 4.92. The monoisotopic (exact) mass is 300 g/mol. The predicted octanol–water partition coefficient (Wildman–Crippen LogP) is 1.19. The first-order chi connectivity index (χ1) is 10.8. The Morgan fingerprint density at radius 2 is 2.00 bits per heavy atom. The summed E-state index contributed by atoms with van der Waals surface area (Å²) in [5.41, 5.74) is -0.251. The van der Waals surface area contributed by atoms with Gasteiger partial charge in [0.25, 0.3) is 10.9 Å². The van der Waals surface area contributed by atoms with Crippen molar-refractivity contribution in [3.8, 4) is 0 Å². The van der Waals surface area contributed by atoms with Crippen molar-refractivity contribution >= 4 is 11.4 Å². The van der Waals surface area contributed by atoms with E-state index in [2.05, 4.69) is 15.6 Å². The molecule has 0 bridgehead atoms. The molecule has 3 rings (SSSR count). The molecule has 0 radical (unpaired) electrons. The molecule has 2 N–H and O–H groups in total. The highest BCUT2D eigenvalue weighted by molar-refractivity contribution is 5.73. The number of aryl methyl sites for hydroxylation is 1. The Bertz CT molecular complexity index is 783. The molecule has 22 heavy (non-hydrogen) atoms. The SMILES string of the molecule is O=c1c(NCCCn2ccnc2)c(NCc2ccco2)c1=O. The Morgan fingerprint density at radius 3 is 2.68 bits per heavy atom. The van der Waals surface area contributed by atoms with E-state index < -0.39 is 10.9 Å². The number of hydrogen-bond acceptors (Lipinski definition) is 6. The van der Waals surface area contributed by atoms with E-state index in [1.807, 2.05) is 10.8 Å². The number of nitrogens with zero attached hydrogens (tertiary/aromatic N) is 2. The quantitative estimate of drug-likeness (QED) is 0.480. The van der Waals surface area contributed by atoms with Crippen LogP contribution in [0, 0.1) is 0 Å². The number of imidazole rings is 1. The van der Waals surface area contributed by atoms with Gasteiger partial charge in [0.05, 0.1) is 19.1 Å². The molecule has 0 aliphatic rings. The maximum Gasteiger partial charge on any atom is 0.253 e. The molecule has 7 nitrogen and oxygen atoms in total. The minimum absolute atomic E-state index is 0.337. The van der Waals surface area contributed by atoms with Crippen LogP contribution in [0.1, 0.15) is 12.2 Å². The van der Waals surface area contributed by atoms with Gasteiger partial charge in [0.15, 0.2) is 0 Å². The molecule has 0 amide bonds. The second-order valence-electron chi connectivity index (χ2n) is 4.92. The molecule has 0 saturated carbocycles. The lowest BCUT2D eigenvalue weighted by molar-refractivity contribution is 0.518. The van der Waals surface area contributed by atoms with Gasteiger partial charge in [0, 0.05) is 25.5 Å². The minimum Gasteiger partial charge on any atom is -0.467 e. The van der Waals surface area contributed by atoms with Gasteiger partial charge in [-0.3, -0.25) is 9.59 Å². The standard InChI is InChI=1S/C15H16N4O3/c20-14-12(17-4-2-6-19-7-5-16-10-19)13(15(14)21)18-9-11-3-1-8-22-11/h1,3,5,7-8,10,17-18H,2,4,6,9H2. The molecule has 7 heteroatoms. The fraction of sp³-hybridized carbons (Fsp3) is 0.267. The Kier molecular flexibility index (Phi) is 4.04. The number of hydrogen-bond donors (Lipinski definition) is 2. The number of anilines is 2. The van der Waals surface area contributed by atoms with Crippen LogP contribution in [0.4, 0.5) is 11.4 Å². The Balaban J connectivity index is 1.51. The molecule has 2 aromatic heterocycles. The van der Waals surface area contributed by atoms with Crippen LogP contribution < -0.4 is 21.5 Å². The Morgan fingerprint density at radius 1 is 1.18 bits per heavy atom. The lowest BCUT2D eigenvalue weighted by atomic mass is 10.2. The van der Waals surface area contributed by atoms with Gasteiger partial charge in [-0.25, -0.2) is 4.98 Å². The van der Waals surface area contributed by atoms with E-state index >= 15 is 0 Å². The lowest BCUT2D eigenvalue weighted by Gasteiger charge is -2.14. The third-order valence-electron chi connectivity index (χ3n) is 3.38. The summed E-state index contributed by atoms with van der Waals surface area (Å²) in [7, 11) is 0. The topological polar surface area (TPSA) is 89.2 Å². The summed E-state index contributed by atoms with van der Waals surface area (Å²) < 4.78 is 7.14. The third-order valence-corrected chi connectivity index (χ3v) is 3.38. The van der Waals surface area contributed by atoms with Gasteiger partial charge in [-0.2, -0.15) is 0 Å². The summed E-state index contributed by atoms with van der Waals surface area (Å²) in [6, 6.07) is 3.57. The van der Waals surface area contributed by atoms with Gasteiger partial charge in [0.2, 0.25) is 0 Å². The molecule has 1 aromatic carbocycles.